The molecule has 11 heteroatoms. The molecule has 5 nitrogen and oxygen atoms in total. The molecule has 4 aromatic carbocycles. The SMILES string of the molecule is CC(O)c1c(F)cc(OCCCN(Cc2cccc(C(F)(F)F)c2Cl)CC(c2ccccc2)c2ccccc2)cc1S(C)(=O)=O. The molecule has 1 unspecified atom stereocenters. The maximum Gasteiger partial charge on any atom is 0.417 e. The van der Waals surface area contributed by atoms with Gasteiger partial charge >= 0.3 is 6.18 Å². The second-order valence-corrected chi connectivity index (χ2v) is 13.2. The summed E-state index contributed by atoms with van der Waals surface area (Å²) in [6.07, 6.45) is -4.65. The van der Waals surface area contributed by atoms with Crippen LogP contribution in [-0.2, 0) is 22.6 Å². The minimum Gasteiger partial charge on any atom is -0.493 e. The highest BCUT2D eigenvalue weighted by molar-refractivity contribution is 7.90. The number of sulfone groups is 1. The van der Waals surface area contributed by atoms with Gasteiger partial charge in [-0.25, -0.2) is 12.8 Å². The van der Waals surface area contributed by atoms with Crippen LogP contribution in [0.15, 0.2) is 95.9 Å². The maximum absolute atomic E-state index is 14.8. The highest BCUT2D eigenvalue weighted by Gasteiger charge is 2.34. The summed E-state index contributed by atoms with van der Waals surface area (Å²) < 4.78 is 86.0. The predicted octanol–water partition coefficient (Wildman–Crippen LogP) is 8.06. The third-order valence-corrected chi connectivity index (χ3v) is 8.98. The normalized spacial score (nSPS) is 12.9. The van der Waals surface area contributed by atoms with E-state index in [1.165, 1.54) is 19.1 Å². The fraction of sp³-hybridized carbons (Fsp3) is 0.294. The van der Waals surface area contributed by atoms with Crippen LogP contribution in [0.2, 0.25) is 5.02 Å². The molecule has 45 heavy (non-hydrogen) atoms. The lowest BCUT2D eigenvalue weighted by molar-refractivity contribution is -0.137. The smallest absolute Gasteiger partial charge is 0.417 e. The van der Waals surface area contributed by atoms with Crippen LogP contribution in [-0.4, -0.2) is 44.4 Å². The molecule has 0 bridgehead atoms. The molecule has 0 heterocycles. The lowest BCUT2D eigenvalue weighted by atomic mass is 9.90. The number of halogens is 5. The number of aliphatic hydroxyl groups is 1. The molecule has 240 valence electrons. The predicted molar refractivity (Wildman–Crippen MR) is 167 cm³/mol. The Morgan fingerprint density at radius 2 is 1.53 bits per heavy atom. The largest absolute Gasteiger partial charge is 0.493 e. The number of aliphatic hydroxyl groups excluding tert-OH is 1. The summed E-state index contributed by atoms with van der Waals surface area (Å²) in [4.78, 5) is 1.64. The number of alkyl halides is 3. The summed E-state index contributed by atoms with van der Waals surface area (Å²) >= 11 is 6.28. The van der Waals surface area contributed by atoms with Crippen molar-refractivity contribution in [1.29, 1.82) is 0 Å². The van der Waals surface area contributed by atoms with Gasteiger partial charge in [0.05, 0.1) is 28.2 Å². The van der Waals surface area contributed by atoms with Gasteiger partial charge in [-0.2, -0.15) is 13.2 Å². The van der Waals surface area contributed by atoms with Gasteiger partial charge in [0.15, 0.2) is 9.84 Å². The maximum atomic E-state index is 14.8. The number of hydrogen-bond acceptors (Lipinski definition) is 5. The van der Waals surface area contributed by atoms with E-state index in [4.69, 9.17) is 16.3 Å². The fourth-order valence-electron chi connectivity index (χ4n) is 5.27. The Kier molecular flexibility index (Phi) is 11.3. The van der Waals surface area contributed by atoms with E-state index in [0.717, 1.165) is 29.5 Å². The van der Waals surface area contributed by atoms with Crippen molar-refractivity contribution >= 4 is 21.4 Å². The van der Waals surface area contributed by atoms with Gasteiger partial charge in [-0.05, 0) is 42.2 Å². The van der Waals surface area contributed by atoms with Crippen molar-refractivity contribution in [2.45, 2.75) is 43.0 Å². The topological polar surface area (TPSA) is 66.8 Å². The third kappa shape index (κ3) is 9.07. The van der Waals surface area contributed by atoms with E-state index in [9.17, 15) is 31.1 Å². The van der Waals surface area contributed by atoms with Crippen LogP contribution < -0.4 is 4.74 Å². The zero-order valence-corrected chi connectivity index (χ0v) is 26.3. The van der Waals surface area contributed by atoms with Gasteiger partial charge < -0.3 is 9.84 Å². The van der Waals surface area contributed by atoms with Gasteiger partial charge in [0.2, 0.25) is 0 Å². The van der Waals surface area contributed by atoms with Crippen LogP contribution >= 0.6 is 11.6 Å². The van der Waals surface area contributed by atoms with Gasteiger partial charge in [-0.15, -0.1) is 0 Å². The van der Waals surface area contributed by atoms with Gasteiger partial charge in [0, 0.05) is 43.4 Å². The molecule has 1 N–H and O–H groups in total. The van der Waals surface area contributed by atoms with Crippen molar-refractivity contribution in [2.24, 2.45) is 0 Å². The van der Waals surface area contributed by atoms with Crippen molar-refractivity contribution in [3.05, 3.63) is 130 Å². The second-order valence-electron chi connectivity index (χ2n) is 10.9. The average molecular weight is 664 g/mol. The molecule has 0 aliphatic heterocycles. The summed E-state index contributed by atoms with van der Waals surface area (Å²) in [6.45, 7) is 2.27. The van der Waals surface area contributed by atoms with Gasteiger partial charge in [-0.3, -0.25) is 4.90 Å². The lowest BCUT2D eigenvalue weighted by Gasteiger charge is -2.29. The Bertz CT molecular complexity index is 1640. The van der Waals surface area contributed by atoms with Crippen molar-refractivity contribution in [3.63, 3.8) is 0 Å². The van der Waals surface area contributed by atoms with Crippen LogP contribution in [0.25, 0.3) is 0 Å². The van der Waals surface area contributed by atoms with Crippen molar-refractivity contribution in [2.75, 3.05) is 26.0 Å². The van der Waals surface area contributed by atoms with Gasteiger partial charge in [0.1, 0.15) is 11.6 Å². The molecule has 1 atom stereocenters. The van der Waals surface area contributed by atoms with Gasteiger partial charge in [0.25, 0.3) is 0 Å². The minimum atomic E-state index is -4.61. The molecule has 0 saturated carbocycles. The van der Waals surface area contributed by atoms with E-state index >= 15 is 0 Å². The molecule has 0 saturated heterocycles. The zero-order valence-electron chi connectivity index (χ0n) is 24.8. The molecule has 0 spiro atoms. The molecule has 0 fully saturated rings. The summed E-state index contributed by atoms with van der Waals surface area (Å²) in [5.74, 6) is -1.04. The molecular formula is C34H34ClF4NO4S. The monoisotopic (exact) mass is 663 g/mol. The van der Waals surface area contributed by atoms with Crippen LogP contribution in [0.5, 0.6) is 5.75 Å². The van der Waals surface area contributed by atoms with Crippen LogP contribution in [0.3, 0.4) is 0 Å². The Balaban J connectivity index is 1.59. The molecule has 4 aromatic rings. The van der Waals surface area contributed by atoms with E-state index in [1.54, 1.807) is 6.07 Å². The van der Waals surface area contributed by atoms with Crippen molar-refractivity contribution in [1.82, 2.24) is 4.90 Å². The highest BCUT2D eigenvalue weighted by Crippen LogP contribution is 2.37. The molecule has 0 aliphatic carbocycles. The first-order chi connectivity index (χ1) is 21.3. The summed E-state index contributed by atoms with van der Waals surface area (Å²) in [5, 5.41) is 9.57. The van der Waals surface area contributed by atoms with Crippen molar-refractivity contribution in [3.8, 4) is 5.75 Å². The van der Waals surface area contributed by atoms with Gasteiger partial charge in [-0.1, -0.05) is 84.4 Å². The van der Waals surface area contributed by atoms with E-state index < -0.39 is 33.5 Å². The minimum absolute atomic E-state index is 0.0174. The first-order valence-corrected chi connectivity index (χ1v) is 16.5. The summed E-state index contributed by atoms with van der Waals surface area (Å²) in [6, 6.07) is 25.6. The molecule has 0 amide bonds. The van der Waals surface area contributed by atoms with Crippen LogP contribution in [0, 0.1) is 5.82 Å². The molecule has 0 aromatic heterocycles. The number of hydrogen-bond donors (Lipinski definition) is 1. The molecule has 0 aliphatic rings. The quantitative estimate of drug-likeness (QED) is 0.116. The van der Waals surface area contributed by atoms with Crippen molar-refractivity contribution < 1.29 is 35.8 Å². The van der Waals surface area contributed by atoms with Crippen LogP contribution in [0.1, 0.15) is 53.2 Å². The van der Waals surface area contributed by atoms with E-state index in [-0.39, 0.29) is 40.3 Å². The Labute approximate surface area is 266 Å². The first-order valence-electron chi connectivity index (χ1n) is 14.3. The number of ether oxygens (including phenoxy) is 1. The Hall–Kier alpha value is -3.44. The lowest BCUT2D eigenvalue weighted by Crippen LogP contribution is -2.31. The summed E-state index contributed by atoms with van der Waals surface area (Å²) in [5.41, 5.74) is 1.14. The Morgan fingerprint density at radius 3 is 2.07 bits per heavy atom. The molecular weight excluding hydrogens is 630 g/mol. The number of nitrogens with zero attached hydrogens (tertiary/aromatic N) is 1. The van der Waals surface area contributed by atoms with Crippen LogP contribution in [0.4, 0.5) is 17.6 Å². The summed E-state index contributed by atoms with van der Waals surface area (Å²) in [7, 11) is -3.87. The highest BCUT2D eigenvalue weighted by atomic mass is 35.5. The molecule has 4 rings (SSSR count). The number of rotatable bonds is 13. The number of benzene rings is 4. The second kappa shape index (κ2) is 14.8. The molecule has 0 radical (unpaired) electrons. The average Bonchev–Trinajstić information content (AvgIpc) is 2.98. The fourth-order valence-corrected chi connectivity index (χ4v) is 6.56. The third-order valence-electron chi connectivity index (χ3n) is 7.39. The van der Waals surface area contributed by atoms with E-state index in [1.807, 2.05) is 65.6 Å². The standard InChI is InChI=1S/C34H34ClF4NO4S/c1-23(41)32-30(36)19-27(20-31(32)45(2,42)43)44-18-10-17-40(21-26-15-9-16-29(33(26)35)34(37,38)39)22-28(24-11-5-3-6-12-24)25-13-7-4-8-14-25/h3-9,11-16,19-20,23,28,41H,10,17-18,21-22H2,1-2H3. The van der Waals surface area contributed by atoms with E-state index in [0.29, 0.717) is 25.1 Å². The Morgan fingerprint density at radius 1 is 0.933 bits per heavy atom. The first kappa shape index (κ1) is 34.4. The van der Waals surface area contributed by atoms with E-state index in [2.05, 4.69) is 0 Å². The zero-order chi connectivity index (χ0) is 32.8.